The Labute approximate surface area is 206 Å². The predicted molar refractivity (Wildman–Crippen MR) is 133 cm³/mol. The molecule has 184 valence electrons. The van der Waals surface area contributed by atoms with Crippen molar-refractivity contribution in [2.75, 3.05) is 33.4 Å². The summed E-state index contributed by atoms with van der Waals surface area (Å²) in [4.78, 5) is 20.1. The maximum Gasteiger partial charge on any atom is 0.224 e. The van der Waals surface area contributed by atoms with Crippen LogP contribution < -0.4 is 14.8 Å². The molecule has 6 nitrogen and oxygen atoms in total. The number of hydrogen-bond donors (Lipinski definition) is 1. The number of rotatable bonds is 9. The number of carbonyl (C=O) groups excluding carboxylic acids is 1. The minimum Gasteiger partial charge on any atom is -0.497 e. The molecule has 35 heavy (non-hydrogen) atoms. The standard InChI is InChI=1S/C28H32FN3O3/c1-20-4-3-15-30-26(20)27(21-5-7-23(29)8-6-21)31-28(33)22-13-16-32(17-14-22)18-19-35-25-11-9-24(34-2)10-12-25/h3-12,15,22,27H,13-14,16-19H2,1-2H3,(H,31,33). The predicted octanol–water partition coefficient (Wildman–Crippen LogP) is 4.53. The molecular weight excluding hydrogens is 445 g/mol. The number of likely N-dealkylation sites (tertiary alicyclic amines) is 1. The largest absolute Gasteiger partial charge is 0.497 e. The van der Waals surface area contributed by atoms with E-state index in [-0.39, 0.29) is 17.6 Å². The van der Waals surface area contributed by atoms with Gasteiger partial charge in [0.05, 0.1) is 18.8 Å². The number of amides is 1. The molecule has 0 bridgehead atoms. The van der Waals surface area contributed by atoms with E-state index in [1.54, 1.807) is 25.4 Å². The zero-order chi connectivity index (χ0) is 24.6. The molecule has 1 unspecified atom stereocenters. The van der Waals surface area contributed by atoms with E-state index in [4.69, 9.17) is 9.47 Å². The van der Waals surface area contributed by atoms with Crippen LogP contribution in [0, 0.1) is 18.7 Å². The number of carbonyl (C=O) groups is 1. The van der Waals surface area contributed by atoms with Gasteiger partial charge in [-0.25, -0.2) is 4.39 Å². The molecule has 1 atom stereocenters. The summed E-state index contributed by atoms with van der Waals surface area (Å²) in [6.07, 6.45) is 3.29. The molecule has 0 saturated carbocycles. The average Bonchev–Trinajstić information content (AvgIpc) is 2.89. The molecule has 0 aliphatic carbocycles. The number of nitrogens with one attached hydrogen (secondary N) is 1. The van der Waals surface area contributed by atoms with Crippen LogP contribution in [0.5, 0.6) is 11.5 Å². The molecule has 4 rings (SSSR count). The lowest BCUT2D eigenvalue weighted by Gasteiger charge is -2.32. The number of ether oxygens (including phenoxy) is 2. The number of hydrogen-bond acceptors (Lipinski definition) is 5. The Kier molecular flexibility index (Phi) is 8.32. The highest BCUT2D eigenvalue weighted by Gasteiger charge is 2.28. The summed E-state index contributed by atoms with van der Waals surface area (Å²) in [5, 5.41) is 3.19. The zero-order valence-electron chi connectivity index (χ0n) is 20.2. The van der Waals surface area contributed by atoms with Crippen LogP contribution in [0.15, 0.2) is 66.9 Å². The Bertz CT molecular complexity index is 1100. The topological polar surface area (TPSA) is 63.7 Å². The van der Waals surface area contributed by atoms with Gasteiger partial charge in [0, 0.05) is 18.7 Å². The third kappa shape index (κ3) is 6.57. The summed E-state index contributed by atoms with van der Waals surface area (Å²) in [6.45, 7) is 5.06. The maximum atomic E-state index is 13.5. The second-order valence-corrected chi connectivity index (χ2v) is 8.84. The van der Waals surface area contributed by atoms with E-state index in [1.165, 1.54) is 12.1 Å². The Morgan fingerprint density at radius 1 is 1.09 bits per heavy atom. The van der Waals surface area contributed by atoms with E-state index < -0.39 is 6.04 Å². The molecular formula is C28H32FN3O3. The van der Waals surface area contributed by atoms with Crippen LogP contribution in [0.25, 0.3) is 0 Å². The van der Waals surface area contributed by atoms with Crippen LogP contribution in [0.2, 0.25) is 0 Å². The summed E-state index contributed by atoms with van der Waals surface area (Å²) in [5.74, 6) is 1.26. The summed E-state index contributed by atoms with van der Waals surface area (Å²) in [6, 6.07) is 17.2. The average molecular weight is 478 g/mol. The van der Waals surface area contributed by atoms with E-state index in [9.17, 15) is 9.18 Å². The monoisotopic (exact) mass is 477 g/mol. The molecule has 3 aromatic rings. The van der Waals surface area contributed by atoms with E-state index in [0.717, 1.165) is 60.8 Å². The van der Waals surface area contributed by atoms with Crippen molar-refractivity contribution in [2.45, 2.75) is 25.8 Å². The second-order valence-electron chi connectivity index (χ2n) is 8.84. The minimum absolute atomic E-state index is 0.0125. The third-order valence-corrected chi connectivity index (χ3v) is 6.51. The van der Waals surface area contributed by atoms with Gasteiger partial charge < -0.3 is 14.8 Å². The number of nitrogens with zero attached hydrogens (tertiary/aromatic N) is 2. The van der Waals surface area contributed by atoms with Crippen LogP contribution in [0.4, 0.5) is 4.39 Å². The number of aryl methyl sites for hydroxylation is 1. The zero-order valence-corrected chi connectivity index (χ0v) is 20.2. The van der Waals surface area contributed by atoms with Gasteiger partial charge in [0.2, 0.25) is 5.91 Å². The molecule has 2 aromatic carbocycles. The molecule has 0 spiro atoms. The molecule has 1 aromatic heterocycles. The number of methoxy groups -OCH3 is 1. The highest BCUT2D eigenvalue weighted by Crippen LogP contribution is 2.26. The first kappa shape index (κ1) is 24.7. The Hall–Kier alpha value is -3.45. The Balaban J connectivity index is 1.31. The van der Waals surface area contributed by atoms with Gasteiger partial charge in [-0.1, -0.05) is 18.2 Å². The molecule has 1 aliphatic heterocycles. The van der Waals surface area contributed by atoms with E-state index in [2.05, 4.69) is 15.2 Å². The first-order chi connectivity index (χ1) is 17.0. The van der Waals surface area contributed by atoms with Gasteiger partial charge in [-0.2, -0.15) is 0 Å². The SMILES string of the molecule is COc1ccc(OCCN2CCC(C(=O)NC(c3ccc(F)cc3)c3ncccc3C)CC2)cc1. The quantitative estimate of drug-likeness (QED) is 0.491. The lowest BCUT2D eigenvalue weighted by molar-refractivity contribution is -0.127. The van der Waals surface area contributed by atoms with Gasteiger partial charge in [0.25, 0.3) is 0 Å². The first-order valence-electron chi connectivity index (χ1n) is 12.0. The van der Waals surface area contributed by atoms with Crippen LogP contribution in [-0.2, 0) is 4.79 Å². The van der Waals surface area contributed by atoms with Crippen molar-refractivity contribution in [3.8, 4) is 11.5 Å². The van der Waals surface area contributed by atoms with E-state index >= 15 is 0 Å². The Morgan fingerprint density at radius 3 is 2.43 bits per heavy atom. The number of aromatic nitrogens is 1. The van der Waals surface area contributed by atoms with Gasteiger partial charge >= 0.3 is 0 Å². The number of piperidine rings is 1. The van der Waals surface area contributed by atoms with Crippen LogP contribution in [0.3, 0.4) is 0 Å². The van der Waals surface area contributed by atoms with Crippen molar-refractivity contribution in [1.29, 1.82) is 0 Å². The lowest BCUT2D eigenvalue weighted by atomic mass is 9.94. The van der Waals surface area contributed by atoms with Gasteiger partial charge in [-0.05, 0) is 86.4 Å². The van der Waals surface area contributed by atoms with Crippen molar-refractivity contribution in [3.63, 3.8) is 0 Å². The smallest absolute Gasteiger partial charge is 0.224 e. The summed E-state index contributed by atoms with van der Waals surface area (Å²) in [5.41, 5.74) is 2.57. The number of benzene rings is 2. The van der Waals surface area contributed by atoms with E-state index in [1.807, 2.05) is 43.3 Å². The summed E-state index contributed by atoms with van der Waals surface area (Å²) in [7, 11) is 1.64. The third-order valence-electron chi connectivity index (χ3n) is 6.51. The van der Waals surface area contributed by atoms with Crippen LogP contribution in [-0.4, -0.2) is 49.1 Å². The van der Waals surface area contributed by atoms with Crippen molar-refractivity contribution >= 4 is 5.91 Å². The highest BCUT2D eigenvalue weighted by molar-refractivity contribution is 5.79. The number of pyridine rings is 1. The normalized spacial score (nSPS) is 15.4. The lowest BCUT2D eigenvalue weighted by Crippen LogP contribution is -2.43. The second kappa shape index (κ2) is 11.8. The van der Waals surface area contributed by atoms with Gasteiger partial charge in [0.1, 0.15) is 23.9 Å². The van der Waals surface area contributed by atoms with Crippen molar-refractivity contribution < 1.29 is 18.7 Å². The Morgan fingerprint density at radius 2 is 1.77 bits per heavy atom. The van der Waals surface area contributed by atoms with Gasteiger partial charge in [-0.3, -0.25) is 14.7 Å². The molecule has 1 saturated heterocycles. The first-order valence-corrected chi connectivity index (χ1v) is 12.0. The fourth-order valence-corrected chi connectivity index (χ4v) is 4.41. The maximum absolute atomic E-state index is 13.5. The van der Waals surface area contributed by atoms with Crippen LogP contribution in [0.1, 0.15) is 35.7 Å². The highest BCUT2D eigenvalue weighted by atomic mass is 19.1. The van der Waals surface area contributed by atoms with E-state index in [0.29, 0.717) is 6.61 Å². The molecule has 0 radical (unpaired) electrons. The minimum atomic E-state index is -0.416. The van der Waals surface area contributed by atoms with Gasteiger partial charge in [-0.15, -0.1) is 0 Å². The van der Waals surface area contributed by atoms with Crippen molar-refractivity contribution in [3.05, 3.63) is 89.5 Å². The van der Waals surface area contributed by atoms with Crippen LogP contribution >= 0.6 is 0 Å². The fourth-order valence-electron chi connectivity index (χ4n) is 4.41. The molecule has 7 heteroatoms. The van der Waals surface area contributed by atoms with Crippen molar-refractivity contribution in [1.82, 2.24) is 15.2 Å². The van der Waals surface area contributed by atoms with Crippen molar-refractivity contribution in [2.24, 2.45) is 5.92 Å². The molecule has 1 aliphatic rings. The number of halogens is 1. The fraction of sp³-hybridized carbons (Fsp3) is 0.357. The molecule has 1 amide bonds. The molecule has 2 heterocycles. The molecule has 1 fully saturated rings. The summed E-state index contributed by atoms with van der Waals surface area (Å²) >= 11 is 0. The summed E-state index contributed by atoms with van der Waals surface area (Å²) < 4.78 is 24.5. The molecule has 1 N–H and O–H groups in total. The van der Waals surface area contributed by atoms with Gasteiger partial charge in [0.15, 0.2) is 0 Å².